The quantitative estimate of drug-likeness (QED) is 0.512. The minimum absolute atomic E-state index is 0.0276. The molecule has 4 fully saturated rings. The van der Waals surface area contributed by atoms with Gasteiger partial charge in [-0.05, 0) is 57.4 Å². The summed E-state index contributed by atoms with van der Waals surface area (Å²) in [6.45, 7) is 1.54. The second-order valence-corrected chi connectivity index (χ2v) is 10.4. The van der Waals surface area contributed by atoms with E-state index in [0.29, 0.717) is 11.2 Å². The number of halogens is 1. The number of esters is 1. The van der Waals surface area contributed by atoms with Gasteiger partial charge >= 0.3 is 5.97 Å². The molecule has 1 saturated heterocycles. The number of carbonyl (C=O) groups excluding carboxylic acids is 1. The standard InChI is InChI=1S/C22H27ClN4O3S/c1-29-20(28)22-7-4-21(5-8-22,6-9-22)19-27-26-18(31-19)15-13-24-17(23)12-16(15)25-14-2-10-30-11-3-14/h12-14H,2-11H2,1H3,(H,24,25). The zero-order valence-corrected chi connectivity index (χ0v) is 19.2. The Morgan fingerprint density at radius 2 is 1.90 bits per heavy atom. The van der Waals surface area contributed by atoms with Crippen molar-refractivity contribution in [2.24, 2.45) is 5.41 Å². The lowest BCUT2D eigenvalue weighted by Gasteiger charge is -2.50. The van der Waals surface area contributed by atoms with Crippen molar-refractivity contribution in [1.29, 1.82) is 0 Å². The first kappa shape index (κ1) is 21.1. The number of aromatic nitrogens is 3. The number of fused-ring (bicyclic) bond motifs is 3. The van der Waals surface area contributed by atoms with E-state index in [-0.39, 0.29) is 16.8 Å². The molecule has 3 saturated carbocycles. The van der Waals surface area contributed by atoms with E-state index < -0.39 is 0 Å². The summed E-state index contributed by atoms with van der Waals surface area (Å²) in [7, 11) is 1.50. The summed E-state index contributed by atoms with van der Waals surface area (Å²) in [5.41, 5.74) is 1.63. The molecular formula is C22H27ClN4O3S. The van der Waals surface area contributed by atoms with Crippen LogP contribution >= 0.6 is 22.9 Å². The second kappa shape index (κ2) is 8.30. The smallest absolute Gasteiger partial charge is 0.311 e. The molecule has 9 heteroatoms. The van der Waals surface area contributed by atoms with Crippen molar-refractivity contribution >= 4 is 34.6 Å². The molecule has 1 N–H and O–H groups in total. The van der Waals surface area contributed by atoms with Gasteiger partial charge in [-0.3, -0.25) is 4.79 Å². The van der Waals surface area contributed by atoms with Crippen LogP contribution in [-0.4, -0.2) is 47.5 Å². The molecule has 3 heterocycles. The molecule has 4 aliphatic rings. The fraction of sp³-hybridized carbons (Fsp3) is 0.636. The number of ether oxygens (including phenoxy) is 2. The maximum Gasteiger partial charge on any atom is 0.311 e. The van der Waals surface area contributed by atoms with E-state index in [1.54, 1.807) is 17.5 Å². The van der Waals surface area contributed by atoms with Gasteiger partial charge in [-0.25, -0.2) is 4.98 Å². The average molecular weight is 463 g/mol. The number of pyridine rings is 1. The zero-order valence-electron chi connectivity index (χ0n) is 17.7. The van der Waals surface area contributed by atoms with Crippen molar-refractivity contribution in [2.45, 2.75) is 62.8 Å². The van der Waals surface area contributed by atoms with E-state index in [4.69, 9.17) is 21.1 Å². The molecule has 2 aromatic rings. The van der Waals surface area contributed by atoms with Crippen molar-refractivity contribution in [2.75, 3.05) is 25.6 Å². The van der Waals surface area contributed by atoms with Gasteiger partial charge in [-0.2, -0.15) is 0 Å². The van der Waals surface area contributed by atoms with Crippen LogP contribution in [0.4, 0.5) is 5.69 Å². The van der Waals surface area contributed by atoms with Crippen LogP contribution in [0.1, 0.15) is 56.4 Å². The lowest BCUT2D eigenvalue weighted by atomic mass is 9.54. The Balaban J connectivity index is 1.39. The Morgan fingerprint density at radius 1 is 1.19 bits per heavy atom. The van der Waals surface area contributed by atoms with Crippen LogP contribution in [0.25, 0.3) is 10.6 Å². The van der Waals surface area contributed by atoms with Gasteiger partial charge in [0.25, 0.3) is 0 Å². The van der Waals surface area contributed by atoms with Crippen molar-refractivity contribution in [3.05, 3.63) is 22.4 Å². The second-order valence-electron chi connectivity index (χ2n) is 9.05. The van der Waals surface area contributed by atoms with Crippen LogP contribution in [0.5, 0.6) is 0 Å². The molecule has 0 atom stereocenters. The maximum absolute atomic E-state index is 12.3. The molecule has 3 aliphatic carbocycles. The minimum atomic E-state index is -0.287. The third-order valence-corrected chi connectivity index (χ3v) is 8.83. The van der Waals surface area contributed by atoms with Crippen molar-refractivity contribution < 1.29 is 14.3 Å². The zero-order chi connectivity index (χ0) is 21.5. The number of hydrogen-bond acceptors (Lipinski definition) is 8. The topological polar surface area (TPSA) is 86.2 Å². The highest BCUT2D eigenvalue weighted by molar-refractivity contribution is 7.14. The first-order valence-electron chi connectivity index (χ1n) is 11.0. The Kier molecular flexibility index (Phi) is 5.65. The van der Waals surface area contributed by atoms with Crippen LogP contribution in [0.3, 0.4) is 0 Å². The molecule has 2 aromatic heterocycles. The van der Waals surface area contributed by atoms with Gasteiger partial charge in [0.1, 0.15) is 10.2 Å². The lowest BCUT2D eigenvalue weighted by molar-refractivity contribution is -0.160. The van der Waals surface area contributed by atoms with E-state index in [9.17, 15) is 4.79 Å². The van der Waals surface area contributed by atoms with E-state index in [0.717, 1.165) is 85.8 Å². The summed E-state index contributed by atoms with van der Waals surface area (Å²) in [6, 6.07) is 2.22. The van der Waals surface area contributed by atoms with Crippen molar-refractivity contribution in [3.8, 4) is 10.6 Å². The number of hydrogen-bond donors (Lipinski definition) is 1. The van der Waals surface area contributed by atoms with Crippen LogP contribution in [0.15, 0.2) is 12.3 Å². The van der Waals surface area contributed by atoms with Gasteiger partial charge in [0.15, 0.2) is 5.01 Å². The van der Waals surface area contributed by atoms with E-state index >= 15 is 0 Å². The molecule has 0 unspecified atom stereocenters. The van der Waals surface area contributed by atoms with E-state index in [2.05, 4.69) is 20.5 Å². The Hall–Kier alpha value is -1.77. The number of nitrogens with one attached hydrogen (secondary N) is 1. The first-order chi connectivity index (χ1) is 15.0. The van der Waals surface area contributed by atoms with Crippen LogP contribution in [-0.2, 0) is 19.7 Å². The van der Waals surface area contributed by atoms with Gasteiger partial charge < -0.3 is 14.8 Å². The fourth-order valence-corrected chi connectivity index (χ4v) is 6.66. The number of methoxy groups -OCH3 is 1. The average Bonchev–Trinajstić information content (AvgIpc) is 3.31. The Bertz CT molecular complexity index is 951. The molecule has 166 valence electrons. The summed E-state index contributed by atoms with van der Waals surface area (Å²) in [5.74, 6) is -0.0465. The number of rotatable bonds is 5. The highest BCUT2D eigenvalue weighted by Gasteiger charge is 2.55. The van der Waals surface area contributed by atoms with Gasteiger partial charge in [0.2, 0.25) is 0 Å². The SMILES string of the molecule is COC(=O)C12CCC(c3nnc(-c4cnc(Cl)cc4NC4CCOCC4)s3)(CC1)CC2. The van der Waals surface area contributed by atoms with E-state index in [1.165, 1.54) is 7.11 Å². The highest BCUT2D eigenvalue weighted by atomic mass is 35.5. The summed E-state index contributed by atoms with van der Waals surface area (Å²) in [4.78, 5) is 16.6. The predicted molar refractivity (Wildman–Crippen MR) is 119 cm³/mol. The molecule has 2 bridgehead atoms. The molecule has 0 radical (unpaired) electrons. The van der Waals surface area contributed by atoms with Crippen LogP contribution in [0, 0.1) is 5.41 Å². The third-order valence-electron chi connectivity index (χ3n) is 7.43. The van der Waals surface area contributed by atoms with Gasteiger partial charge in [0, 0.05) is 36.6 Å². The van der Waals surface area contributed by atoms with Crippen molar-refractivity contribution in [1.82, 2.24) is 15.2 Å². The van der Waals surface area contributed by atoms with Crippen molar-refractivity contribution in [3.63, 3.8) is 0 Å². The molecule has 1 aliphatic heterocycles. The number of carbonyl (C=O) groups is 1. The highest BCUT2D eigenvalue weighted by Crippen LogP contribution is 2.58. The lowest BCUT2D eigenvalue weighted by Crippen LogP contribution is -2.48. The Labute approximate surface area is 190 Å². The molecule has 31 heavy (non-hydrogen) atoms. The summed E-state index contributed by atoms with van der Waals surface area (Å²) in [5, 5.41) is 15.2. The molecule has 7 nitrogen and oxygen atoms in total. The van der Waals surface area contributed by atoms with E-state index in [1.807, 2.05) is 6.07 Å². The number of nitrogens with zero attached hydrogens (tertiary/aromatic N) is 3. The summed E-state index contributed by atoms with van der Waals surface area (Å²) in [6.07, 6.45) is 9.21. The maximum atomic E-state index is 12.3. The van der Waals surface area contributed by atoms with Gasteiger partial charge in [-0.15, -0.1) is 10.2 Å². The normalized spacial score (nSPS) is 28.5. The molecule has 6 rings (SSSR count). The molecule has 0 spiro atoms. The largest absolute Gasteiger partial charge is 0.469 e. The fourth-order valence-electron chi connectivity index (χ4n) is 5.36. The van der Waals surface area contributed by atoms with Gasteiger partial charge in [-0.1, -0.05) is 22.9 Å². The third kappa shape index (κ3) is 3.83. The van der Waals surface area contributed by atoms with Crippen LogP contribution in [0.2, 0.25) is 5.15 Å². The van der Waals surface area contributed by atoms with Crippen LogP contribution < -0.4 is 5.32 Å². The first-order valence-corrected chi connectivity index (χ1v) is 12.2. The summed E-state index contributed by atoms with van der Waals surface area (Å²) < 4.78 is 10.6. The predicted octanol–water partition coefficient (Wildman–Crippen LogP) is 4.61. The molecule has 0 amide bonds. The van der Waals surface area contributed by atoms with Gasteiger partial charge in [0.05, 0.1) is 18.1 Å². The molecule has 0 aromatic carbocycles. The summed E-state index contributed by atoms with van der Waals surface area (Å²) >= 11 is 7.85. The number of anilines is 1. The molecular weight excluding hydrogens is 436 g/mol. The minimum Gasteiger partial charge on any atom is -0.469 e. The monoisotopic (exact) mass is 462 g/mol. The Morgan fingerprint density at radius 3 is 2.58 bits per heavy atom.